The number of benzene rings is 2. The van der Waals surface area contributed by atoms with Crippen molar-refractivity contribution in [3.8, 4) is 11.5 Å². The van der Waals surface area contributed by atoms with Crippen molar-refractivity contribution in [1.82, 2.24) is 0 Å². The highest BCUT2D eigenvalue weighted by Crippen LogP contribution is 2.26. The number of carbonyl (C=O) groups excluding carboxylic acids is 1. The molecule has 0 atom stereocenters. The van der Waals surface area contributed by atoms with Gasteiger partial charge >= 0.3 is 0 Å². The highest BCUT2D eigenvalue weighted by atomic mass is 79.9. The van der Waals surface area contributed by atoms with Gasteiger partial charge in [0.25, 0.3) is 0 Å². The van der Waals surface area contributed by atoms with Crippen LogP contribution in [0.1, 0.15) is 15.9 Å². The SMILES string of the molecule is COc1cc(OC)cc(C(=O)c2cc(Br)cc(Br)c2)c1. The summed E-state index contributed by atoms with van der Waals surface area (Å²) in [5, 5.41) is 0. The number of halogens is 2. The minimum Gasteiger partial charge on any atom is -0.497 e. The van der Waals surface area contributed by atoms with E-state index in [9.17, 15) is 4.79 Å². The van der Waals surface area contributed by atoms with E-state index in [4.69, 9.17) is 9.47 Å². The molecule has 0 saturated heterocycles. The minimum absolute atomic E-state index is 0.0933. The van der Waals surface area contributed by atoms with Gasteiger partial charge in [-0.05, 0) is 30.3 Å². The van der Waals surface area contributed by atoms with Crippen molar-refractivity contribution in [1.29, 1.82) is 0 Å². The number of rotatable bonds is 4. The fourth-order valence-corrected chi connectivity index (χ4v) is 3.08. The van der Waals surface area contributed by atoms with Crippen LogP contribution in [-0.4, -0.2) is 20.0 Å². The maximum Gasteiger partial charge on any atom is 0.193 e. The summed E-state index contributed by atoms with van der Waals surface area (Å²) >= 11 is 6.76. The van der Waals surface area contributed by atoms with Gasteiger partial charge in [-0.25, -0.2) is 0 Å². The van der Waals surface area contributed by atoms with E-state index in [0.29, 0.717) is 22.6 Å². The fourth-order valence-electron chi connectivity index (χ4n) is 1.79. The van der Waals surface area contributed by atoms with Crippen molar-refractivity contribution in [2.75, 3.05) is 14.2 Å². The zero-order valence-electron chi connectivity index (χ0n) is 10.9. The molecule has 0 aliphatic heterocycles. The number of hydrogen-bond acceptors (Lipinski definition) is 3. The number of ketones is 1. The summed E-state index contributed by atoms with van der Waals surface area (Å²) in [7, 11) is 3.11. The third kappa shape index (κ3) is 3.41. The van der Waals surface area contributed by atoms with Crippen LogP contribution in [0.2, 0.25) is 0 Å². The van der Waals surface area contributed by atoms with E-state index in [0.717, 1.165) is 8.95 Å². The molecular weight excluding hydrogens is 388 g/mol. The lowest BCUT2D eigenvalue weighted by atomic mass is 10.0. The van der Waals surface area contributed by atoms with Crippen LogP contribution in [0.5, 0.6) is 11.5 Å². The van der Waals surface area contributed by atoms with Gasteiger partial charge in [-0.2, -0.15) is 0 Å². The maximum absolute atomic E-state index is 12.5. The molecule has 0 radical (unpaired) electrons. The summed E-state index contributed by atoms with van der Waals surface area (Å²) in [5.74, 6) is 1.08. The van der Waals surface area contributed by atoms with Crippen molar-refractivity contribution in [2.45, 2.75) is 0 Å². The minimum atomic E-state index is -0.0933. The molecule has 0 aromatic heterocycles. The lowest BCUT2D eigenvalue weighted by Crippen LogP contribution is -2.02. The normalized spacial score (nSPS) is 10.2. The van der Waals surface area contributed by atoms with Gasteiger partial charge in [0.05, 0.1) is 14.2 Å². The second-order valence-corrected chi connectivity index (χ2v) is 5.92. The van der Waals surface area contributed by atoms with Gasteiger partial charge in [0.15, 0.2) is 5.78 Å². The van der Waals surface area contributed by atoms with Crippen LogP contribution in [0.25, 0.3) is 0 Å². The Kier molecular flexibility index (Phi) is 4.83. The number of ether oxygens (including phenoxy) is 2. The van der Waals surface area contributed by atoms with Crippen LogP contribution >= 0.6 is 31.9 Å². The molecule has 0 saturated carbocycles. The second-order valence-electron chi connectivity index (χ2n) is 4.09. The number of hydrogen-bond donors (Lipinski definition) is 0. The fraction of sp³-hybridized carbons (Fsp3) is 0.133. The molecule has 0 fully saturated rings. The molecule has 104 valence electrons. The first-order valence-corrected chi connectivity index (χ1v) is 7.36. The average Bonchev–Trinajstić information content (AvgIpc) is 2.44. The summed E-state index contributed by atoms with van der Waals surface area (Å²) in [5.41, 5.74) is 1.10. The molecule has 0 amide bonds. The molecule has 2 rings (SSSR count). The van der Waals surface area contributed by atoms with E-state index >= 15 is 0 Å². The smallest absolute Gasteiger partial charge is 0.193 e. The highest BCUT2D eigenvalue weighted by molar-refractivity contribution is 9.11. The second kappa shape index (κ2) is 6.41. The summed E-state index contributed by atoms with van der Waals surface area (Å²) in [6, 6.07) is 10.5. The Morgan fingerprint density at radius 2 is 1.25 bits per heavy atom. The first kappa shape index (κ1) is 15.1. The van der Waals surface area contributed by atoms with E-state index in [1.165, 1.54) is 0 Å². The van der Waals surface area contributed by atoms with E-state index in [2.05, 4.69) is 31.9 Å². The Bertz CT molecular complexity index is 611. The monoisotopic (exact) mass is 398 g/mol. The molecule has 2 aromatic rings. The Balaban J connectivity index is 2.47. The van der Waals surface area contributed by atoms with Crippen LogP contribution in [0.15, 0.2) is 45.3 Å². The van der Waals surface area contributed by atoms with Gasteiger partial charge in [-0.15, -0.1) is 0 Å². The largest absolute Gasteiger partial charge is 0.497 e. The summed E-state index contributed by atoms with van der Waals surface area (Å²) in [6.45, 7) is 0. The van der Waals surface area contributed by atoms with Crippen LogP contribution < -0.4 is 9.47 Å². The van der Waals surface area contributed by atoms with Gasteiger partial charge in [-0.3, -0.25) is 4.79 Å². The van der Waals surface area contributed by atoms with E-state index in [1.807, 2.05) is 6.07 Å². The molecule has 0 N–H and O–H groups in total. The number of carbonyl (C=O) groups is 1. The number of methoxy groups -OCH3 is 2. The zero-order chi connectivity index (χ0) is 14.7. The predicted molar refractivity (Wildman–Crippen MR) is 84.8 cm³/mol. The van der Waals surface area contributed by atoms with Crippen molar-refractivity contribution in [2.24, 2.45) is 0 Å². The van der Waals surface area contributed by atoms with Crippen molar-refractivity contribution >= 4 is 37.6 Å². The highest BCUT2D eigenvalue weighted by Gasteiger charge is 2.13. The molecule has 0 spiro atoms. The molecule has 20 heavy (non-hydrogen) atoms. The van der Waals surface area contributed by atoms with Gasteiger partial charge < -0.3 is 9.47 Å². The first-order valence-electron chi connectivity index (χ1n) is 5.77. The van der Waals surface area contributed by atoms with Gasteiger partial charge in [0, 0.05) is 26.1 Å². The van der Waals surface area contributed by atoms with Gasteiger partial charge in [-0.1, -0.05) is 31.9 Å². The quantitative estimate of drug-likeness (QED) is 0.712. The lowest BCUT2D eigenvalue weighted by molar-refractivity contribution is 0.103. The Labute approximate surface area is 134 Å². The molecule has 0 heterocycles. The van der Waals surface area contributed by atoms with Crippen LogP contribution in [0, 0.1) is 0 Å². The molecule has 0 unspecified atom stereocenters. The Morgan fingerprint density at radius 1 is 0.800 bits per heavy atom. The topological polar surface area (TPSA) is 35.5 Å². The molecule has 3 nitrogen and oxygen atoms in total. The summed E-state index contributed by atoms with van der Waals surface area (Å²) < 4.78 is 12.0. The van der Waals surface area contributed by atoms with Crippen LogP contribution in [0.3, 0.4) is 0 Å². The van der Waals surface area contributed by atoms with Crippen molar-refractivity contribution in [3.63, 3.8) is 0 Å². The van der Waals surface area contributed by atoms with Crippen LogP contribution in [-0.2, 0) is 0 Å². The van der Waals surface area contributed by atoms with Gasteiger partial charge in [0.1, 0.15) is 11.5 Å². The van der Waals surface area contributed by atoms with Gasteiger partial charge in [0.2, 0.25) is 0 Å². The standard InChI is InChI=1S/C15H12Br2O3/c1-19-13-5-10(6-14(8-13)20-2)15(18)9-3-11(16)7-12(17)4-9/h3-8H,1-2H3. The van der Waals surface area contributed by atoms with E-state index < -0.39 is 0 Å². The lowest BCUT2D eigenvalue weighted by Gasteiger charge is -2.08. The Morgan fingerprint density at radius 3 is 1.70 bits per heavy atom. The van der Waals surface area contributed by atoms with E-state index in [-0.39, 0.29) is 5.78 Å². The van der Waals surface area contributed by atoms with Crippen molar-refractivity contribution < 1.29 is 14.3 Å². The van der Waals surface area contributed by atoms with Crippen LogP contribution in [0.4, 0.5) is 0 Å². The molecule has 2 aromatic carbocycles. The average molecular weight is 400 g/mol. The third-order valence-electron chi connectivity index (χ3n) is 2.74. The molecule has 0 aliphatic rings. The third-order valence-corrected chi connectivity index (χ3v) is 3.65. The predicted octanol–water partition coefficient (Wildman–Crippen LogP) is 4.46. The summed E-state index contributed by atoms with van der Waals surface area (Å²) in [4.78, 5) is 12.5. The molecular formula is C15H12Br2O3. The molecule has 0 aliphatic carbocycles. The zero-order valence-corrected chi connectivity index (χ0v) is 14.1. The summed E-state index contributed by atoms with van der Waals surface area (Å²) in [6.07, 6.45) is 0. The van der Waals surface area contributed by atoms with Crippen molar-refractivity contribution in [3.05, 3.63) is 56.5 Å². The Hall–Kier alpha value is -1.33. The first-order chi connectivity index (χ1) is 9.53. The maximum atomic E-state index is 12.5. The van der Waals surface area contributed by atoms with E-state index in [1.54, 1.807) is 44.6 Å². The molecule has 0 bridgehead atoms. The molecule has 5 heteroatoms.